The van der Waals surface area contributed by atoms with Gasteiger partial charge in [0, 0.05) is 35.4 Å². The fraction of sp³-hybridized carbons (Fsp3) is 0.242. The summed E-state index contributed by atoms with van der Waals surface area (Å²) in [5, 5.41) is 29.8. The van der Waals surface area contributed by atoms with Gasteiger partial charge in [-0.15, -0.1) is 5.53 Å². The summed E-state index contributed by atoms with van der Waals surface area (Å²) in [6.07, 6.45) is 6.35. The third kappa shape index (κ3) is 5.17. The third-order valence-corrected chi connectivity index (χ3v) is 8.82. The van der Waals surface area contributed by atoms with E-state index in [1.54, 1.807) is 18.2 Å². The van der Waals surface area contributed by atoms with Crippen LogP contribution in [0.3, 0.4) is 0 Å². The number of rotatable bonds is 9. The third-order valence-electron chi connectivity index (χ3n) is 8.53. The summed E-state index contributed by atoms with van der Waals surface area (Å²) >= 11 is 6.83. The Morgan fingerprint density at radius 2 is 1.89 bits per heavy atom. The molecule has 11 heteroatoms. The van der Waals surface area contributed by atoms with Crippen molar-refractivity contribution in [3.8, 4) is 12.1 Å². The summed E-state index contributed by atoms with van der Waals surface area (Å²) in [6, 6.07) is 24.4. The second kappa shape index (κ2) is 11.1. The number of hydrogen-bond donors (Lipinski definition) is 4. The lowest BCUT2D eigenvalue weighted by Crippen LogP contribution is -2.45. The summed E-state index contributed by atoms with van der Waals surface area (Å²) < 4.78 is 13.9. The summed E-state index contributed by atoms with van der Waals surface area (Å²) in [4.78, 5) is 4.52. The lowest BCUT2D eigenvalue weighted by molar-refractivity contribution is 0.260. The Bertz CT molecular complexity index is 1850. The second-order valence-electron chi connectivity index (χ2n) is 11.5. The molecule has 2 aliphatic carbocycles. The molecule has 2 radical (unpaired) electrons. The van der Waals surface area contributed by atoms with Crippen LogP contribution in [0.4, 0.5) is 15.8 Å². The number of anilines is 2. The van der Waals surface area contributed by atoms with Gasteiger partial charge >= 0.3 is 0 Å². The Hall–Kier alpha value is -4.77. The zero-order valence-corrected chi connectivity index (χ0v) is 24.3. The van der Waals surface area contributed by atoms with Crippen LogP contribution in [-0.4, -0.2) is 23.9 Å². The van der Waals surface area contributed by atoms with Crippen LogP contribution >= 0.6 is 11.6 Å². The molecule has 4 N–H and O–H groups in total. The molecule has 8 nitrogen and oxygen atoms in total. The maximum Gasteiger partial charge on any atom is 0.123 e. The predicted molar refractivity (Wildman–Crippen MR) is 168 cm³/mol. The molecule has 1 aliphatic heterocycles. The van der Waals surface area contributed by atoms with E-state index in [2.05, 4.69) is 38.7 Å². The minimum atomic E-state index is -1.31. The van der Waals surface area contributed by atoms with Gasteiger partial charge in [-0.25, -0.2) is 4.39 Å². The van der Waals surface area contributed by atoms with Crippen LogP contribution in [-0.2, 0) is 5.44 Å². The van der Waals surface area contributed by atoms with Crippen LogP contribution in [0, 0.1) is 40.3 Å². The van der Waals surface area contributed by atoms with Gasteiger partial charge in [-0.3, -0.25) is 9.99 Å². The van der Waals surface area contributed by atoms with Crippen molar-refractivity contribution in [3.05, 3.63) is 112 Å². The minimum absolute atomic E-state index is 0.0725. The van der Waals surface area contributed by atoms with E-state index in [9.17, 15) is 14.9 Å². The number of hydrogen-bond acceptors (Lipinski definition) is 8. The quantitative estimate of drug-likeness (QED) is 0.174. The highest BCUT2D eigenvalue weighted by Crippen LogP contribution is 2.49. The van der Waals surface area contributed by atoms with E-state index in [1.807, 2.05) is 47.6 Å². The van der Waals surface area contributed by atoms with Crippen LogP contribution in [0.15, 0.2) is 84.8 Å². The molecule has 0 bridgehead atoms. The normalized spacial score (nSPS) is 20.9. The lowest BCUT2D eigenvalue weighted by Gasteiger charge is -2.34. The number of aromatic nitrogens is 1. The van der Waals surface area contributed by atoms with E-state index in [0.29, 0.717) is 50.2 Å². The van der Waals surface area contributed by atoms with Gasteiger partial charge < -0.3 is 16.1 Å². The van der Waals surface area contributed by atoms with Gasteiger partial charge in [0.2, 0.25) is 0 Å². The molecule has 4 atom stereocenters. The van der Waals surface area contributed by atoms with E-state index in [-0.39, 0.29) is 23.7 Å². The first-order valence-electron chi connectivity index (χ1n) is 14.5. The maximum absolute atomic E-state index is 13.9. The molecule has 44 heavy (non-hydrogen) atoms. The molecule has 2 heterocycles. The molecule has 3 aromatic carbocycles. The second-order valence-corrected chi connectivity index (χ2v) is 11.9. The number of halogens is 2. The molecule has 3 aliphatic rings. The number of hydrazine groups is 2. The SMILES string of the molecule is [B]C(Nc1cc(Cl)c2ncc(C#N)c(NC(c3ccccc3)C3C[C@@H]3C#N)c2c1)(C1=CN(C2CC2)NN1)c1ccc(F)cc1. The monoisotopic (exact) mass is 600 g/mol. The molecule has 2 fully saturated rings. The average Bonchev–Trinajstić information content (AvgIpc) is 3.98. The van der Waals surface area contributed by atoms with Gasteiger partial charge in [-0.1, -0.05) is 54.1 Å². The molecule has 4 aromatic rings. The highest BCUT2D eigenvalue weighted by Gasteiger charge is 2.44. The topological polar surface area (TPSA) is 112 Å². The summed E-state index contributed by atoms with van der Waals surface area (Å²) in [6.45, 7) is 0. The van der Waals surface area contributed by atoms with Crippen LogP contribution in [0.5, 0.6) is 0 Å². The molecule has 0 amide bonds. The maximum atomic E-state index is 13.9. The van der Waals surface area contributed by atoms with Crippen LogP contribution < -0.4 is 21.6 Å². The Morgan fingerprint density at radius 1 is 1.11 bits per heavy atom. The number of nitrogens with zero attached hydrogens (tertiary/aromatic N) is 4. The van der Waals surface area contributed by atoms with E-state index >= 15 is 0 Å². The molecule has 0 spiro atoms. The van der Waals surface area contributed by atoms with Crippen molar-refractivity contribution in [2.75, 3.05) is 10.6 Å². The number of pyridine rings is 1. The van der Waals surface area contributed by atoms with Crippen molar-refractivity contribution in [2.45, 2.75) is 36.8 Å². The van der Waals surface area contributed by atoms with Crippen LogP contribution in [0.1, 0.15) is 42.0 Å². The van der Waals surface area contributed by atoms with Gasteiger partial charge in [-0.2, -0.15) is 10.5 Å². The van der Waals surface area contributed by atoms with Crippen molar-refractivity contribution in [3.63, 3.8) is 0 Å². The highest BCUT2D eigenvalue weighted by atomic mass is 35.5. The molecule has 2 saturated carbocycles. The predicted octanol–water partition coefficient (Wildman–Crippen LogP) is 5.97. The fourth-order valence-electron chi connectivity index (χ4n) is 5.87. The zero-order chi connectivity index (χ0) is 30.4. The van der Waals surface area contributed by atoms with Gasteiger partial charge in [0.05, 0.1) is 51.0 Å². The number of benzene rings is 3. The van der Waals surface area contributed by atoms with Crippen LogP contribution in [0.25, 0.3) is 10.9 Å². The smallest absolute Gasteiger partial charge is 0.123 e. The lowest BCUT2D eigenvalue weighted by atomic mass is 9.69. The largest absolute Gasteiger partial charge is 0.378 e. The Morgan fingerprint density at radius 3 is 2.57 bits per heavy atom. The van der Waals surface area contributed by atoms with Crippen molar-refractivity contribution in [1.29, 1.82) is 10.5 Å². The van der Waals surface area contributed by atoms with Crippen molar-refractivity contribution < 1.29 is 4.39 Å². The van der Waals surface area contributed by atoms with E-state index in [4.69, 9.17) is 19.4 Å². The summed E-state index contributed by atoms with van der Waals surface area (Å²) in [7, 11) is 7.12. The molecular weight excluding hydrogens is 574 g/mol. The summed E-state index contributed by atoms with van der Waals surface area (Å²) in [5.41, 5.74) is 9.32. The first-order chi connectivity index (χ1) is 21.4. The fourth-order valence-corrected chi connectivity index (χ4v) is 6.14. The number of fused-ring (bicyclic) bond motifs is 1. The molecule has 3 unspecified atom stereocenters. The Kier molecular flexibility index (Phi) is 7.05. The van der Waals surface area contributed by atoms with Gasteiger partial charge in [0.1, 0.15) is 19.7 Å². The van der Waals surface area contributed by atoms with E-state index in [0.717, 1.165) is 24.8 Å². The average molecular weight is 601 g/mol. The van der Waals surface area contributed by atoms with Crippen molar-refractivity contribution in [2.24, 2.45) is 11.8 Å². The molecule has 7 rings (SSSR count). The summed E-state index contributed by atoms with van der Waals surface area (Å²) in [5.74, 6) is -0.354. The van der Waals surface area contributed by atoms with Crippen molar-refractivity contribution >= 4 is 41.7 Å². The standard InChI is InChI=1S/C33H27BClFN8/c34-33(22-6-8-23(36)9-7-22,29-18-44(43-42-29)25-10-11-25)41-24-13-27-31(21(16-38)17-39-32(27)28(35)14-24)40-30(26-12-20(26)15-37)19-4-2-1-3-5-19/h1-9,13-14,17-18,20,25-26,30,41-43H,10-12H2,(H,39,40)/t20-,26?,30?,33?/m1/s1. The number of nitrogens with one attached hydrogen (secondary N) is 4. The molecule has 216 valence electrons. The molecular formula is C33H27BClFN8. The highest BCUT2D eigenvalue weighted by molar-refractivity contribution is 6.36. The van der Waals surface area contributed by atoms with Gasteiger partial charge in [-0.05, 0) is 54.7 Å². The van der Waals surface area contributed by atoms with Crippen molar-refractivity contribution in [1.82, 2.24) is 21.0 Å². The molecule has 1 aromatic heterocycles. The Balaban J connectivity index is 1.32. The van der Waals surface area contributed by atoms with Crippen LogP contribution in [0.2, 0.25) is 5.02 Å². The van der Waals surface area contributed by atoms with E-state index < -0.39 is 5.44 Å². The van der Waals surface area contributed by atoms with Gasteiger partial charge in [0.25, 0.3) is 0 Å². The van der Waals surface area contributed by atoms with E-state index in [1.165, 1.54) is 18.3 Å². The number of nitriles is 2. The minimum Gasteiger partial charge on any atom is -0.378 e. The Labute approximate surface area is 260 Å². The van der Waals surface area contributed by atoms with Gasteiger partial charge in [0.15, 0.2) is 0 Å². The zero-order valence-electron chi connectivity index (χ0n) is 23.6. The molecule has 0 saturated heterocycles. The first kappa shape index (κ1) is 28.0. The first-order valence-corrected chi connectivity index (χ1v) is 14.8.